The molecule has 21 heavy (non-hydrogen) atoms. The van der Waals surface area contributed by atoms with Gasteiger partial charge in [0.2, 0.25) is 0 Å². The predicted molar refractivity (Wildman–Crippen MR) is 85.4 cm³/mol. The van der Waals surface area contributed by atoms with Gasteiger partial charge in [0.25, 0.3) is 0 Å². The highest BCUT2D eigenvalue weighted by molar-refractivity contribution is 5.68. The zero-order valence-corrected chi connectivity index (χ0v) is 14.5. The van der Waals surface area contributed by atoms with Crippen LogP contribution in [0.2, 0.25) is 0 Å². The molecule has 0 aromatic carbocycles. The van der Waals surface area contributed by atoms with Crippen LogP contribution in [0.25, 0.3) is 0 Å². The van der Waals surface area contributed by atoms with Gasteiger partial charge in [-0.25, -0.2) is 4.79 Å². The topological polar surface area (TPSA) is 41.6 Å². The van der Waals surface area contributed by atoms with Crippen LogP contribution in [0, 0.1) is 5.41 Å². The lowest BCUT2D eigenvalue weighted by Crippen LogP contribution is -2.43. The van der Waals surface area contributed by atoms with Gasteiger partial charge in [0.1, 0.15) is 5.60 Å². The van der Waals surface area contributed by atoms with Crippen molar-refractivity contribution in [1.29, 1.82) is 0 Å². The van der Waals surface area contributed by atoms with Crippen LogP contribution >= 0.6 is 0 Å². The normalized spacial score (nSPS) is 29.3. The minimum absolute atomic E-state index is 0.149. The summed E-state index contributed by atoms with van der Waals surface area (Å²) in [5, 5.41) is 3.70. The zero-order chi connectivity index (χ0) is 15.8. The van der Waals surface area contributed by atoms with E-state index in [0.29, 0.717) is 23.5 Å². The lowest BCUT2D eigenvalue weighted by Gasteiger charge is -2.30. The number of nitrogens with one attached hydrogen (secondary N) is 1. The first-order valence-electron chi connectivity index (χ1n) is 8.34. The fourth-order valence-electron chi connectivity index (χ4n) is 3.21. The molecule has 0 spiro atoms. The van der Waals surface area contributed by atoms with Gasteiger partial charge >= 0.3 is 6.09 Å². The molecule has 0 aromatic rings. The summed E-state index contributed by atoms with van der Waals surface area (Å²) in [6, 6.07) is 1.41. The Balaban J connectivity index is 1.83. The Labute approximate surface area is 129 Å². The third kappa shape index (κ3) is 4.60. The lowest BCUT2D eigenvalue weighted by molar-refractivity contribution is 0.0214. The van der Waals surface area contributed by atoms with Gasteiger partial charge in [0.15, 0.2) is 0 Å². The minimum atomic E-state index is -0.411. The van der Waals surface area contributed by atoms with E-state index in [9.17, 15) is 4.79 Å². The van der Waals surface area contributed by atoms with E-state index in [1.165, 1.54) is 6.42 Å². The number of amides is 1. The van der Waals surface area contributed by atoms with Gasteiger partial charge in [-0.2, -0.15) is 0 Å². The van der Waals surface area contributed by atoms with Crippen molar-refractivity contribution in [3.05, 3.63) is 0 Å². The van der Waals surface area contributed by atoms with Crippen molar-refractivity contribution in [3.63, 3.8) is 0 Å². The molecule has 1 aliphatic carbocycles. The molecule has 1 saturated heterocycles. The summed E-state index contributed by atoms with van der Waals surface area (Å²) in [6.07, 6.45) is 4.32. The molecule has 3 unspecified atom stereocenters. The monoisotopic (exact) mass is 296 g/mol. The Hall–Kier alpha value is -0.770. The smallest absolute Gasteiger partial charge is 0.410 e. The first kappa shape index (κ1) is 16.6. The minimum Gasteiger partial charge on any atom is -0.444 e. The van der Waals surface area contributed by atoms with Crippen LogP contribution in [0.5, 0.6) is 0 Å². The van der Waals surface area contributed by atoms with E-state index in [-0.39, 0.29) is 6.09 Å². The first-order valence-corrected chi connectivity index (χ1v) is 8.34. The van der Waals surface area contributed by atoms with Crippen molar-refractivity contribution >= 4 is 6.09 Å². The maximum absolute atomic E-state index is 12.3. The van der Waals surface area contributed by atoms with Gasteiger partial charge in [-0.15, -0.1) is 0 Å². The van der Waals surface area contributed by atoms with Gasteiger partial charge in [0, 0.05) is 24.7 Å². The Morgan fingerprint density at radius 1 is 1.43 bits per heavy atom. The van der Waals surface area contributed by atoms with Gasteiger partial charge in [-0.05, 0) is 58.8 Å². The molecule has 2 rings (SSSR count). The maximum atomic E-state index is 12.3. The molecule has 0 radical (unpaired) electrons. The fourth-order valence-corrected chi connectivity index (χ4v) is 3.21. The number of carbonyl (C=O) groups is 1. The summed E-state index contributed by atoms with van der Waals surface area (Å²) >= 11 is 0. The van der Waals surface area contributed by atoms with E-state index in [0.717, 1.165) is 25.8 Å². The van der Waals surface area contributed by atoms with Gasteiger partial charge in [-0.1, -0.05) is 13.8 Å². The highest BCUT2D eigenvalue weighted by Gasteiger charge is 2.46. The van der Waals surface area contributed by atoms with Crippen molar-refractivity contribution in [1.82, 2.24) is 10.2 Å². The molecule has 2 fully saturated rings. The van der Waals surface area contributed by atoms with Crippen molar-refractivity contribution in [2.75, 3.05) is 6.54 Å². The number of hydrogen-bond acceptors (Lipinski definition) is 3. The molecule has 1 saturated carbocycles. The second-order valence-corrected chi connectivity index (χ2v) is 8.52. The fraction of sp³-hybridized carbons (Fsp3) is 0.941. The highest BCUT2D eigenvalue weighted by Crippen LogP contribution is 2.45. The molecular formula is C17H32N2O2. The lowest BCUT2D eigenvalue weighted by atomic mass is 10.1. The molecule has 4 nitrogen and oxygen atoms in total. The van der Waals surface area contributed by atoms with E-state index >= 15 is 0 Å². The largest absolute Gasteiger partial charge is 0.444 e. The van der Waals surface area contributed by atoms with Crippen LogP contribution in [0.1, 0.15) is 67.2 Å². The Morgan fingerprint density at radius 2 is 2.05 bits per heavy atom. The molecule has 1 heterocycles. The molecule has 1 amide bonds. The average molecular weight is 296 g/mol. The summed E-state index contributed by atoms with van der Waals surface area (Å²) in [7, 11) is 0. The Morgan fingerprint density at radius 3 is 2.57 bits per heavy atom. The van der Waals surface area contributed by atoms with Crippen LogP contribution in [0.15, 0.2) is 0 Å². The zero-order valence-electron chi connectivity index (χ0n) is 14.5. The summed E-state index contributed by atoms with van der Waals surface area (Å²) in [5.41, 5.74) is 0.0426. The molecule has 1 aliphatic heterocycles. The van der Waals surface area contributed by atoms with E-state index in [2.05, 4.69) is 26.1 Å². The van der Waals surface area contributed by atoms with Gasteiger partial charge in [0.05, 0.1) is 0 Å². The quantitative estimate of drug-likeness (QED) is 0.862. The van der Waals surface area contributed by atoms with E-state index in [1.54, 1.807) is 0 Å². The molecule has 0 bridgehead atoms. The van der Waals surface area contributed by atoms with Crippen LogP contribution in [-0.4, -0.2) is 41.3 Å². The highest BCUT2D eigenvalue weighted by atomic mass is 16.6. The molecule has 2 aliphatic rings. The van der Waals surface area contributed by atoms with Crippen molar-refractivity contribution in [3.8, 4) is 0 Å². The number of hydrogen-bond donors (Lipinski definition) is 1. The third-order valence-corrected chi connectivity index (χ3v) is 4.63. The van der Waals surface area contributed by atoms with Crippen molar-refractivity contribution in [2.24, 2.45) is 5.41 Å². The summed E-state index contributed by atoms with van der Waals surface area (Å²) in [4.78, 5) is 14.2. The van der Waals surface area contributed by atoms with Crippen molar-refractivity contribution in [2.45, 2.75) is 91.0 Å². The van der Waals surface area contributed by atoms with Crippen LogP contribution in [0.3, 0.4) is 0 Å². The van der Waals surface area contributed by atoms with Gasteiger partial charge in [-0.3, -0.25) is 0 Å². The second-order valence-electron chi connectivity index (χ2n) is 8.52. The maximum Gasteiger partial charge on any atom is 0.410 e. The Bertz CT molecular complexity index is 387. The van der Waals surface area contributed by atoms with Crippen molar-refractivity contribution < 1.29 is 9.53 Å². The van der Waals surface area contributed by atoms with Crippen LogP contribution in [-0.2, 0) is 4.74 Å². The summed E-state index contributed by atoms with van der Waals surface area (Å²) in [6.45, 7) is 13.5. The van der Waals surface area contributed by atoms with E-state index in [4.69, 9.17) is 4.74 Å². The molecule has 4 heteroatoms. The SMILES string of the molecule is CC(CC1CCCN1C(=O)OC(C)(C)C)NC1CC1(C)C. The number of rotatable bonds is 4. The summed E-state index contributed by atoms with van der Waals surface area (Å²) in [5.74, 6) is 0. The molecule has 0 aromatic heterocycles. The number of carbonyl (C=O) groups excluding carboxylic acids is 1. The first-order chi connectivity index (χ1) is 9.58. The predicted octanol–water partition coefficient (Wildman–Crippen LogP) is 3.55. The molecule has 1 N–H and O–H groups in total. The van der Waals surface area contributed by atoms with Crippen LogP contribution < -0.4 is 5.32 Å². The molecule has 122 valence electrons. The molecular weight excluding hydrogens is 264 g/mol. The third-order valence-electron chi connectivity index (χ3n) is 4.63. The summed E-state index contributed by atoms with van der Waals surface area (Å²) < 4.78 is 5.53. The standard InChI is InChI=1S/C17H32N2O2/c1-12(18-14-11-17(14,5)6)10-13-8-7-9-19(13)15(20)21-16(2,3)4/h12-14,18H,7-11H2,1-6H3. The Kier molecular flexibility index (Phi) is 4.57. The van der Waals surface area contributed by atoms with E-state index < -0.39 is 5.60 Å². The number of ether oxygens (including phenoxy) is 1. The van der Waals surface area contributed by atoms with E-state index in [1.807, 2.05) is 25.7 Å². The second kappa shape index (κ2) is 5.79. The number of nitrogens with zero attached hydrogens (tertiary/aromatic N) is 1. The van der Waals surface area contributed by atoms with Gasteiger partial charge < -0.3 is 15.0 Å². The average Bonchev–Trinajstić information content (AvgIpc) is 2.72. The molecule has 3 atom stereocenters. The van der Waals surface area contributed by atoms with Crippen LogP contribution in [0.4, 0.5) is 4.79 Å². The number of likely N-dealkylation sites (tertiary alicyclic amines) is 1.